The summed E-state index contributed by atoms with van der Waals surface area (Å²) in [5.41, 5.74) is 4.44. The van der Waals surface area contributed by atoms with Crippen molar-refractivity contribution >= 4 is 27.3 Å². The van der Waals surface area contributed by atoms with Gasteiger partial charge in [0, 0.05) is 21.9 Å². The van der Waals surface area contributed by atoms with Crippen molar-refractivity contribution in [2.75, 3.05) is 0 Å². The minimum atomic E-state index is 0.621. The van der Waals surface area contributed by atoms with Gasteiger partial charge in [0.1, 0.15) is 0 Å². The van der Waals surface area contributed by atoms with Crippen LogP contribution in [0.4, 0.5) is 0 Å². The van der Waals surface area contributed by atoms with E-state index in [9.17, 15) is 0 Å². The number of fused-ring (bicyclic) bond motifs is 1. The summed E-state index contributed by atoms with van der Waals surface area (Å²) in [4.78, 5) is 1.47. The van der Waals surface area contributed by atoms with Crippen molar-refractivity contribution in [1.29, 1.82) is 0 Å². The third-order valence-corrected chi connectivity index (χ3v) is 5.43. The Morgan fingerprint density at radius 3 is 3.00 bits per heavy atom. The van der Waals surface area contributed by atoms with E-state index >= 15 is 0 Å². The first-order valence-corrected chi connectivity index (χ1v) is 8.43. The molecule has 0 spiro atoms. The number of hydrogen-bond donors (Lipinski definition) is 1. The lowest BCUT2D eigenvalue weighted by molar-refractivity contribution is 0.459. The summed E-state index contributed by atoms with van der Waals surface area (Å²) >= 11 is 5.41. The molecule has 0 saturated heterocycles. The van der Waals surface area contributed by atoms with E-state index in [1.807, 2.05) is 11.3 Å². The van der Waals surface area contributed by atoms with Crippen LogP contribution in [-0.2, 0) is 19.4 Å². The Morgan fingerprint density at radius 2 is 2.21 bits per heavy atom. The number of rotatable bonds is 3. The average molecular weight is 336 g/mol. The maximum Gasteiger partial charge on any atom is 0.0305 e. The minimum absolute atomic E-state index is 0.621. The Labute approximate surface area is 127 Å². The molecule has 3 rings (SSSR count). The zero-order valence-corrected chi connectivity index (χ0v) is 13.5. The SMILES string of the molecule is Cc1ccsc1CNC1CCc2cc(Br)ccc2C1. The van der Waals surface area contributed by atoms with E-state index in [1.54, 1.807) is 0 Å². The lowest BCUT2D eigenvalue weighted by Crippen LogP contribution is -2.34. The quantitative estimate of drug-likeness (QED) is 0.872. The molecular formula is C16H18BrNS. The van der Waals surface area contributed by atoms with Gasteiger partial charge >= 0.3 is 0 Å². The Morgan fingerprint density at radius 1 is 1.32 bits per heavy atom. The molecule has 1 aliphatic carbocycles. The molecular weight excluding hydrogens is 318 g/mol. The van der Waals surface area contributed by atoms with Gasteiger partial charge in [0.2, 0.25) is 0 Å². The number of thiophene rings is 1. The van der Waals surface area contributed by atoms with E-state index in [2.05, 4.69) is 57.8 Å². The third-order valence-electron chi connectivity index (χ3n) is 3.92. The van der Waals surface area contributed by atoms with Gasteiger partial charge in [-0.15, -0.1) is 11.3 Å². The molecule has 1 atom stereocenters. The van der Waals surface area contributed by atoms with E-state index < -0.39 is 0 Å². The van der Waals surface area contributed by atoms with Crippen LogP contribution in [0.25, 0.3) is 0 Å². The van der Waals surface area contributed by atoms with Gasteiger partial charge in [0.25, 0.3) is 0 Å². The van der Waals surface area contributed by atoms with Gasteiger partial charge in [0.15, 0.2) is 0 Å². The predicted octanol–water partition coefficient (Wildman–Crippen LogP) is 4.47. The van der Waals surface area contributed by atoms with Crippen molar-refractivity contribution in [1.82, 2.24) is 5.32 Å². The maximum absolute atomic E-state index is 3.72. The highest BCUT2D eigenvalue weighted by atomic mass is 79.9. The first-order valence-electron chi connectivity index (χ1n) is 6.76. The monoisotopic (exact) mass is 335 g/mol. The zero-order chi connectivity index (χ0) is 13.2. The summed E-state index contributed by atoms with van der Waals surface area (Å²) in [7, 11) is 0. The number of halogens is 1. The van der Waals surface area contributed by atoms with Crippen LogP contribution in [0.3, 0.4) is 0 Å². The molecule has 2 aromatic rings. The second-order valence-electron chi connectivity index (χ2n) is 5.26. The Hall–Kier alpha value is -0.640. The second-order valence-corrected chi connectivity index (χ2v) is 7.18. The fraction of sp³-hybridized carbons (Fsp3) is 0.375. The topological polar surface area (TPSA) is 12.0 Å². The minimum Gasteiger partial charge on any atom is -0.309 e. The number of nitrogens with one attached hydrogen (secondary N) is 1. The molecule has 1 N–H and O–H groups in total. The third kappa shape index (κ3) is 3.10. The van der Waals surface area contributed by atoms with Crippen LogP contribution in [-0.4, -0.2) is 6.04 Å². The summed E-state index contributed by atoms with van der Waals surface area (Å²) in [6.45, 7) is 3.21. The van der Waals surface area contributed by atoms with Crippen LogP contribution in [0.2, 0.25) is 0 Å². The van der Waals surface area contributed by atoms with Crippen LogP contribution in [0.1, 0.15) is 28.0 Å². The molecule has 1 aliphatic rings. The molecule has 1 unspecified atom stereocenters. The highest BCUT2D eigenvalue weighted by Crippen LogP contribution is 2.25. The standard InChI is InChI=1S/C16H18BrNS/c1-11-6-7-19-16(11)10-18-15-5-3-12-8-14(17)4-2-13(12)9-15/h2,4,6-8,15,18H,3,5,9-10H2,1H3. The summed E-state index contributed by atoms with van der Waals surface area (Å²) in [5.74, 6) is 0. The predicted molar refractivity (Wildman–Crippen MR) is 85.9 cm³/mol. The Kier molecular flexibility index (Phi) is 4.06. The van der Waals surface area contributed by atoms with Gasteiger partial charge < -0.3 is 5.32 Å². The molecule has 0 aliphatic heterocycles. The summed E-state index contributed by atoms with van der Waals surface area (Å²) in [6.07, 6.45) is 3.59. The van der Waals surface area contributed by atoms with Gasteiger partial charge in [-0.05, 0) is 66.5 Å². The normalized spacial score (nSPS) is 18.3. The van der Waals surface area contributed by atoms with E-state index in [0.717, 1.165) is 13.0 Å². The largest absolute Gasteiger partial charge is 0.309 e. The zero-order valence-electron chi connectivity index (χ0n) is 11.1. The fourth-order valence-corrected chi connectivity index (χ4v) is 3.99. The van der Waals surface area contributed by atoms with Crippen molar-refractivity contribution < 1.29 is 0 Å². The van der Waals surface area contributed by atoms with Crippen LogP contribution in [0.15, 0.2) is 34.1 Å². The highest BCUT2D eigenvalue weighted by Gasteiger charge is 2.18. The Balaban J connectivity index is 1.63. The summed E-state index contributed by atoms with van der Waals surface area (Å²) < 4.78 is 1.20. The van der Waals surface area contributed by atoms with Gasteiger partial charge in [-0.1, -0.05) is 22.0 Å². The molecule has 1 aromatic carbocycles. The van der Waals surface area contributed by atoms with Crippen molar-refractivity contribution in [2.24, 2.45) is 0 Å². The van der Waals surface area contributed by atoms with E-state index in [1.165, 1.54) is 38.9 Å². The molecule has 1 aromatic heterocycles. The molecule has 3 heteroatoms. The molecule has 19 heavy (non-hydrogen) atoms. The first-order chi connectivity index (χ1) is 9.22. The van der Waals surface area contributed by atoms with Gasteiger partial charge in [0.05, 0.1) is 0 Å². The molecule has 0 amide bonds. The molecule has 100 valence electrons. The molecule has 0 radical (unpaired) electrons. The fourth-order valence-electron chi connectivity index (χ4n) is 2.72. The number of hydrogen-bond acceptors (Lipinski definition) is 2. The summed E-state index contributed by atoms with van der Waals surface area (Å²) in [6, 6.07) is 9.52. The smallest absolute Gasteiger partial charge is 0.0305 e. The van der Waals surface area contributed by atoms with Crippen LogP contribution in [0.5, 0.6) is 0 Å². The highest BCUT2D eigenvalue weighted by molar-refractivity contribution is 9.10. The average Bonchev–Trinajstić information content (AvgIpc) is 2.82. The molecule has 1 heterocycles. The van der Waals surface area contributed by atoms with E-state index in [-0.39, 0.29) is 0 Å². The lowest BCUT2D eigenvalue weighted by Gasteiger charge is -2.25. The van der Waals surface area contributed by atoms with Crippen molar-refractivity contribution in [3.63, 3.8) is 0 Å². The van der Waals surface area contributed by atoms with E-state index in [4.69, 9.17) is 0 Å². The van der Waals surface area contributed by atoms with Crippen LogP contribution >= 0.6 is 27.3 Å². The summed E-state index contributed by atoms with van der Waals surface area (Å²) in [5, 5.41) is 5.90. The lowest BCUT2D eigenvalue weighted by atomic mass is 9.88. The van der Waals surface area contributed by atoms with Crippen molar-refractivity contribution in [3.05, 3.63) is 55.7 Å². The van der Waals surface area contributed by atoms with Gasteiger partial charge in [-0.3, -0.25) is 0 Å². The van der Waals surface area contributed by atoms with Gasteiger partial charge in [-0.25, -0.2) is 0 Å². The van der Waals surface area contributed by atoms with Crippen LogP contribution < -0.4 is 5.32 Å². The number of aryl methyl sites for hydroxylation is 2. The van der Waals surface area contributed by atoms with Crippen molar-refractivity contribution in [2.45, 2.75) is 38.8 Å². The first kappa shape index (κ1) is 13.3. The molecule has 0 saturated carbocycles. The molecule has 0 fully saturated rings. The molecule has 1 nitrogen and oxygen atoms in total. The molecule has 0 bridgehead atoms. The maximum atomic E-state index is 3.72. The van der Waals surface area contributed by atoms with E-state index in [0.29, 0.717) is 6.04 Å². The number of benzene rings is 1. The van der Waals surface area contributed by atoms with Gasteiger partial charge in [-0.2, -0.15) is 0 Å². The van der Waals surface area contributed by atoms with Crippen LogP contribution in [0, 0.1) is 6.92 Å². The van der Waals surface area contributed by atoms with Crippen molar-refractivity contribution in [3.8, 4) is 0 Å². The Bertz CT molecular complexity index is 576. The second kappa shape index (κ2) is 5.78.